The molecule has 0 spiro atoms. The van der Waals surface area contributed by atoms with E-state index in [4.69, 9.17) is 4.89 Å². The summed E-state index contributed by atoms with van der Waals surface area (Å²) in [6.45, 7) is 0. The van der Waals surface area contributed by atoms with Gasteiger partial charge in [-0.25, -0.2) is 4.76 Å². The van der Waals surface area contributed by atoms with Gasteiger partial charge in [0.25, 0.3) is 0 Å². The summed E-state index contributed by atoms with van der Waals surface area (Å²) < 4.78 is 4.12. The van der Waals surface area contributed by atoms with Crippen LogP contribution in [0.25, 0.3) is 0 Å². The van der Waals surface area contributed by atoms with Crippen molar-refractivity contribution in [3.8, 4) is 0 Å². The molecule has 0 aromatic heterocycles. The highest BCUT2D eigenvalue weighted by Gasteiger charge is 2.13. The van der Waals surface area contributed by atoms with Crippen LogP contribution < -0.4 is 0 Å². The topological polar surface area (TPSA) is 32.6 Å². The third-order valence-corrected chi connectivity index (χ3v) is 2.74. The van der Waals surface area contributed by atoms with Crippen molar-refractivity contribution >= 4 is 14.7 Å². The molecule has 0 saturated heterocycles. The van der Waals surface area contributed by atoms with Crippen LogP contribution in [0, 0.1) is 0 Å². The van der Waals surface area contributed by atoms with Gasteiger partial charge < -0.3 is 4.89 Å². The highest BCUT2D eigenvalue weighted by molar-refractivity contribution is 7.29. The Labute approximate surface area is 79.6 Å². The van der Waals surface area contributed by atoms with Crippen molar-refractivity contribution in [2.75, 3.05) is 0 Å². The van der Waals surface area contributed by atoms with Crippen molar-refractivity contribution in [2.45, 2.75) is 19.3 Å². The molecule has 0 heterocycles. The van der Waals surface area contributed by atoms with Gasteiger partial charge in [-0.2, -0.15) is 0 Å². The van der Waals surface area contributed by atoms with Gasteiger partial charge in [0, 0.05) is 5.71 Å². The molecule has 68 valence electrons. The lowest BCUT2D eigenvalue weighted by molar-refractivity contribution is 0.647. The van der Waals surface area contributed by atoms with Crippen molar-refractivity contribution in [2.24, 2.45) is 4.76 Å². The van der Waals surface area contributed by atoms with Gasteiger partial charge in [-0.1, -0.05) is 24.3 Å². The zero-order chi connectivity index (χ0) is 9.10. The van der Waals surface area contributed by atoms with Crippen LogP contribution in [0.5, 0.6) is 0 Å². The van der Waals surface area contributed by atoms with Crippen molar-refractivity contribution in [3.05, 3.63) is 35.4 Å². The van der Waals surface area contributed by atoms with Gasteiger partial charge >= 0.3 is 0 Å². The normalized spacial score (nSPS) is 19.6. The minimum Gasteiger partial charge on any atom is -0.356 e. The zero-order valence-corrected chi connectivity index (χ0v) is 8.33. The van der Waals surface area contributed by atoms with Crippen molar-refractivity contribution in [3.63, 3.8) is 0 Å². The van der Waals surface area contributed by atoms with Gasteiger partial charge in [0.05, 0.1) is 0 Å². The second-order valence-corrected chi connectivity index (χ2v) is 3.59. The summed E-state index contributed by atoms with van der Waals surface area (Å²) in [6, 6.07) is 8.32. The van der Waals surface area contributed by atoms with Crippen LogP contribution in [-0.2, 0) is 6.42 Å². The first kappa shape index (κ1) is 8.86. The maximum atomic E-state index is 8.78. The molecule has 1 atom stereocenters. The molecule has 1 aliphatic carbocycles. The molecule has 2 nitrogen and oxygen atoms in total. The third-order valence-electron chi connectivity index (χ3n) is 2.37. The Hall–Kier alpha value is -0.720. The molecule has 1 unspecified atom stereocenters. The van der Waals surface area contributed by atoms with E-state index in [9.17, 15) is 0 Å². The minimum absolute atomic E-state index is 0.311. The Morgan fingerprint density at radius 3 is 2.92 bits per heavy atom. The molecule has 0 aliphatic heterocycles. The molecule has 0 fully saturated rings. The number of hydrogen-bond acceptors (Lipinski definition) is 2. The fraction of sp³-hybridized carbons (Fsp3) is 0.300. The standard InChI is InChI=1S/C10H12NOP/c12-13-11-10-7-3-5-8-4-1-2-6-9(8)10/h1-2,4,6,12-13H,3,5,7H2/b11-10+. The Morgan fingerprint density at radius 1 is 1.23 bits per heavy atom. The maximum absolute atomic E-state index is 8.78. The Balaban J connectivity index is 2.42. The average molecular weight is 193 g/mol. The Bertz CT molecular complexity index is 335. The number of rotatable bonds is 1. The zero-order valence-electron chi connectivity index (χ0n) is 7.33. The first-order valence-corrected chi connectivity index (χ1v) is 5.35. The molecule has 0 amide bonds. The summed E-state index contributed by atoms with van der Waals surface area (Å²) in [4.78, 5) is 8.78. The smallest absolute Gasteiger partial charge is 0.134 e. The fourth-order valence-electron chi connectivity index (χ4n) is 1.78. The highest BCUT2D eigenvalue weighted by Crippen LogP contribution is 2.23. The monoisotopic (exact) mass is 193 g/mol. The molecule has 1 aromatic rings. The highest BCUT2D eigenvalue weighted by atomic mass is 31.1. The maximum Gasteiger partial charge on any atom is 0.134 e. The van der Waals surface area contributed by atoms with E-state index in [0.717, 1.165) is 25.0 Å². The van der Waals surface area contributed by atoms with Crippen LogP contribution in [0.2, 0.25) is 0 Å². The second-order valence-electron chi connectivity index (χ2n) is 3.17. The van der Waals surface area contributed by atoms with Gasteiger partial charge in [0.1, 0.15) is 8.96 Å². The van der Waals surface area contributed by atoms with Crippen LogP contribution in [-0.4, -0.2) is 10.6 Å². The summed E-state index contributed by atoms with van der Waals surface area (Å²) >= 11 is 0. The molecule has 1 aliphatic rings. The van der Waals surface area contributed by atoms with Gasteiger partial charge in [-0.3, -0.25) is 0 Å². The van der Waals surface area contributed by atoms with E-state index in [1.165, 1.54) is 11.1 Å². The molecule has 3 heteroatoms. The molecular formula is C10H12NOP. The summed E-state index contributed by atoms with van der Waals surface area (Å²) in [5.74, 6) is 0. The lowest BCUT2D eigenvalue weighted by Gasteiger charge is -2.16. The predicted molar refractivity (Wildman–Crippen MR) is 56.5 cm³/mol. The second kappa shape index (κ2) is 3.99. The van der Waals surface area contributed by atoms with Crippen molar-refractivity contribution < 1.29 is 4.89 Å². The largest absolute Gasteiger partial charge is 0.356 e. The number of fused-ring (bicyclic) bond motifs is 1. The van der Waals surface area contributed by atoms with Crippen molar-refractivity contribution in [1.82, 2.24) is 0 Å². The average Bonchev–Trinajstić information content (AvgIpc) is 2.19. The quantitative estimate of drug-likeness (QED) is 0.682. The summed E-state index contributed by atoms with van der Waals surface area (Å²) in [7, 11) is -0.311. The number of aryl methyl sites for hydroxylation is 1. The minimum atomic E-state index is -0.311. The van der Waals surface area contributed by atoms with E-state index >= 15 is 0 Å². The molecule has 1 aromatic carbocycles. The SMILES string of the molecule is OP/N=C1\CCCc2ccccc21. The number of nitrogens with zero attached hydrogens (tertiary/aromatic N) is 1. The number of benzene rings is 1. The molecule has 0 bridgehead atoms. The molecular weight excluding hydrogens is 181 g/mol. The lowest BCUT2D eigenvalue weighted by atomic mass is 9.90. The van der Waals surface area contributed by atoms with E-state index in [1.807, 2.05) is 6.07 Å². The fourth-order valence-corrected chi connectivity index (χ4v) is 2.13. The van der Waals surface area contributed by atoms with Gasteiger partial charge in [-0.05, 0) is 30.4 Å². The van der Waals surface area contributed by atoms with Crippen LogP contribution in [0.4, 0.5) is 0 Å². The van der Waals surface area contributed by atoms with E-state index in [2.05, 4.69) is 23.0 Å². The number of hydrogen-bond donors (Lipinski definition) is 1. The van der Waals surface area contributed by atoms with E-state index < -0.39 is 0 Å². The first-order valence-electron chi connectivity index (χ1n) is 4.46. The molecule has 2 rings (SSSR count). The van der Waals surface area contributed by atoms with Crippen LogP contribution in [0.1, 0.15) is 24.0 Å². The molecule has 13 heavy (non-hydrogen) atoms. The molecule has 1 N–H and O–H groups in total. The summed E-state index contributed by atoms with van der Waals surface area (Å²) in [5.41, 5.74) is 3.67. The Kier molecular flexibility index (Phi) is 2.72. The van der Waals surface area contributed by atoms with Gasteiger partial charge in [0.2, 0.25) is 0 Å². The van der Waals surface area contributed by atoms with E-state index in [0.29, 0.717) is 0 Å². The third kappa shape index (κ3) is 1.79. The van der Waals surface area contributed by atoms with Crippen molar-refractivity contribution in [1.29, 1.82) is 0 Å². The molecule has 0 saturated carbocycles. The summed E-state index contributed by atoms with van der Waals surface area (Å²) in [6.07, 6.45) is 3.30. The van der Waals surface area contributed by atoms with Crippen LogP contribution >= 0.6 is 8.96 Å². The van der Waals surface area contributed by atoms with Gasteiger partial charge in [0.15, 0.2) is 0 Å². The lowest BCUT2D eigenvalue weighted by Crippen LogP contribution is -2.10. The molecule has 0 radical (unpaired) electrons. The predicted octanol–water partition coefficient (Wildman–Crippen LogP) is 2.31. The van der Waals surface area contributed by atoms with Gasteiger partial charge in [-0.15, -0.1) is 0 Å². The van der Waals surface area contributed by atoms with E-state index in [-0.39, 0.29) is 8.96 Å². The first-order chi connectivity index (χ1) is 6.42. The van der Waals surface area contributed by atoms with Crippen LogP contribution in [0.3, 0.4) is 0 Å². The Morgan fingerprint density at radius 2 is 2.08 bits per heavy atom. The van der Waals surface area contributed by atoms with E-state index in [1.54, 1.807) is 0 Å². The summed E-state index contributed by atoms with van der Waals surface area (Å²) in [5, 5.41) is 0. The van der Waals surface area contributed by atoms with Crippen LogP contribution in [0.15, 0.2) is 29.0 Å².